The third-order valence-corrected chi connectivity index (χ3v) is 5.83. The van der Waals surface area contributed by atoms with Gasteiger partial charge < -0.3 is 19.6 Å². The molecule has 4 rings (SSSR count). The molecule has 2 aromatic rings. The Kier molecular flexibility index (Phi) is 5.08. The summed E-state index contributed by atoms with van der Waals surface area (Å²) >= 11 is 0. The molecule has 0 radical (unpaired) electrons. The van der Waals surface area contributed by atoms with Crippen LogP contribution in [0.5, 0.6) is 11.5 Å². The van der Waals surface area contributed by atoms with Crippen molar-refractivity contribution in [2.24, 2.45) is 13.0 Å². The molecule has 11 heteroatoms. The van der Waals surface area contributed by atoms with Crippen molar-refractivity contribution in [2.75, 3.05) is 31.6 Å². The first kappa shape index (κ1) is 20.5. The Balaban J connectivity index is 1.65. The predicted molar refractivity (Wildman–Crippen MR) is 102 cm³/mol. The highest BCUT2D eigenvalue weighted by atomic mass is 19.4. The van der Waals surface area contributed by atoms with E-state index in [2.05, 4.69) is 26.9 Å². The number of likely N-dealkylation sites (N-methyl/N-ethyl adjacent to an activating group) is 1. The van der Waals surface area contributed by atoms with Crippen LogP contribution in [0.15, 0.2) is 23.0 Å². The molecule has 2 aliphatic heterocycles. The molecule has 30 heavy (non-hydrogen) atoms. The fourth-order valence-corrected chi connectivity index (χ4v) is 4.33. The Hall–Kier alpha value is -2.82. The quantitative estimate of drug-likeness (QED) is 0.805. The molecular weight excluding hydrogens is 403 g/mol. The van der Waals surface area contributed by atoms with E-state index in [1.165, 1.54) is 17.7 Å². The van der Waals surface area contributed by atoms with Crippen molar-refractivity contribution in [3.8, 4) is 22.9 Å². The van der Waals surface area contributed by atoms with E-state index in [0.29, 0.717) is 5.92 Å². The number of halogens is 3. The number of fused-ring (bicyclic) bond motifs is 1. The van der Waals surface area contributed by atoms with Crippen LogP contribution in [0.3, 0.4) is 0 Å². The van der Waals surface area contributed by atoms with Crippen LogP contribution >= 0.6 is 0 Å². The molecule has 0 bridgehead atoms. The Labute approximate surface area is 170 Å². The highest BCUT2D eigenvalue weighted by Gasteiger charge is 2.39. The zero-order chi connectivity index (χ0) is 21.6. The summed E-state index contributed by atoms with van der Waals surface area (Å²) in [5.41, 5.74) is -0.288. The molecule has 2 fully saturated rings. The second-order valence-electron chi connectivity index (χ2n) is 7.80. The lowest BCUT2D eigenvalue weighted by Crippen LogP contribution is -2.48. The van der Waals surface area contributed by atoms with E-state index in [0.717, 1.165) is 44.6 Å². The normalized spacial score (nSPS) is 22.2. The van der Waals surface area contributed by atoms with Gasteiger partial charge in [-0.25, -0.2) is 0 Å². The molecule has 1 N–H and O–H groups in total. The molecule has 162 valence electrons. The van der Waals surface area contributed by atoms with Gasteiger partial charge in [0.15, 0.2) is 5.82 Å². The summed E-state index contributed by atoms with van der Waals surface area (Å²) in [7, 11) is 3.55. The summed E-state index contributed by atoms with van der Waals surface area (Å²) in [6.07, 6.45) is -2.81. The van der Waals surface area contributed by atoms with Crippen molar-refractivity contribution >= 4 is 5.82 Å². The van der Waals surface area contributed by atoms with Crippen LogP contribution < -0.4 is 15.2 Å². The second kappa shape index (κ2) is 7.46. The van der Waals surface area contributed by atoms with Crippen LogP contribution in [0.4, 0.5) is 19.0 Å². The van der Waals surface area contributed by atoms with Crippen LogP contribution in [0.2, 0.25) is 0 Å². The van der Waals surface area contributed by atoms with E-state index in [1.807, 2.05) is 4.90 Å². The molecule has 3 heterocycles. The van der Waals surface area contributed by atoms with Crippen molar-refractivity contribution < 1.29 is 23.0 Å². The molecule has 2 unspecified atom stereocenters. The monoisotopic (exact) mass is 425 g/mol. The molecule has 2 atom stereocenters. The zero-order valence-electron chi connectivity index (χ0n) is 16.6. The van der Waals surface area contributed by atoms with Gasteiger partial charge >= 0.3 is 6.36 Å². The van der Waals surface area contributed by atoms with E-state index in [1.54, 1.807) is 0 Å². The number of anilines is 1. The lowest BCUT2D eigenvalue weighted by Gasteiger charge is -2.36. The van der Waals surface area contributed by atoms with E-state index in [4.69, 9.17) is 0 Å². The molecule has 0 amide bonds. The topological polar surface area (TPSA) is 83.7 Å². The number of nitrogens with zero attached hydrogens (tertiary/aromatic N) is 5. The second-order valence-corrected chi connectivity index (χ2v) is 7.80. The van der Waals surface area contributed by atoms with Gasteiger partial charge in [0, 0.05) is 32.2 Å². The van der Waals surface area contributed by atoms with Gasteiger partial charge in [-0.1, -0.05) is 0 Å². The Morgan fingerprint density at radius 2 is 1.90 bits per heavy atom. The van der Waals surface area contributed by atoms with E-state index >= 15 is 0 Å². The molecule has 0 saturated carbocycles. The Bertz CT molecular complexity index is 1010. The number of benzene rings is 1. The smallest absolute Gasteiger partial charge is 0.507 e. The van der Waals surface area contributed by atoms with Crippen molar-refractivity contribution in [3.05, 3.63) is 28.6 Å². The first-order valence-corrected chi connectivity index (χ1v) is 9.62. The van der Waals surface area contributed by atoms with Crippen molar-refractivity contribution in [1.82, 2.24) is 19.7 Å². The summed E-state index contributed by atoms with van der Waals surface area (Å²) in [6.45, 7) is 2.60. The minimum absolute atomic E-state index is 0.0521. The van der Waals surface area contributed by atoms with Crippen LogP contribution in [-0.2, 0) is 7.05 Å². The van der Waals surface area contributed by atoms with Gasteiger partial charge in [0.2, 0.25) is 5.82 Å². The third kappa shape index (κ3) is 3.81. The number of hydrogen-bond acceptors (Lipinski definition) is 7. The van der Waals surface area contributed by atoms with Gasteiger partial charge in [-0.15, -0.1) is 23.4 Å². The third-order valence-electron chi connectivity index (χ3n) is 5.83. The van der Waals surface area contributed by atoms with Gasteiger partial charge in [-0.2, -0.15) is 0 Å². The molecule has 2 saturated heterocycles. The maximum Gasteiger partial charge on any atom is 0.573 e. The highest BCUT2D eigenvalue weighted by molar-refractivity contribution is 5.65. The Morgan fingerprint density at radius 3 is 2.60 bits per heavy atom. The van der Waals surface area contributed by atoms with Gasteiger partial charge in [0.05, 0.1) is 5.56 Å². The Morgan fingerprint density at radius 1 is 1.17 bits per heavy atom. The fraction of sp³-hybridized carbons (Fsp3) is 0.526. The number of phenols is 1. The molecule has 1 aromatic heterocycles. The summed E-state index contributed by atoms with van der Waals surface area (Å²) in [5, 5.41) is 18.4. The fourth-order valence-electron chi connectivity index (χ4n) is 4.33. The number of aromatic hydroxyl groups is 1. The standard InChI is InChI=1S/C19H22F3N5O3/c1-25-7-5-11-6-8-27(14(11)10-25)17-18(29)26(2)16(23-24-17)13-4-3-12(9-15(13)28)30-19(20,21)22/h3-4,9,11,14,28H,5-8,10H2,1-2H3. The molecule has 0 aliphatic carbocycles. The molecular formula is C19H22F3N5O3. The number of piperidine rings is 1. The minimum Gasteiger partial charge on any atom is -0.507 e. The summed E-state index contributed by atoms with van der Waals surface area (Å²) < 4.78 is 42.2. The minimum atomic E-state index is -4.87. The number of hydrogen-bond donors (Lipinski definition) is 1. The lowest BCUT2D eigenvalue weighted by atomic mass is 9.92. The summed E-state index contributed by atoms with van der Waals surface area (Å²) in [6, 6.07) is 3.28. The van der Waals surface area contributed by atoms with Crippen LogP contribution in [0, 0.1) is 5.92 Å². The highest BCUT2D eigenvalue weighted by Crippen LogP contribution is 2.35. The average Bonchev–Trinajstić information content (AvgIpc) is 3.06. The van der Waals surface area contributed by atoms with Gasteiger partial charge in [0.1, 0.15) is 11.5 Å². The van der Waals surface area contributed by atoms with E-state index < -0.39 is 17.9 Å². The maximum atomic E-state index is 13.0. The van der Waals surface area contributed by atoms with Crippen molar-refractivity contribution in [3.63, 3.8) is 0 Å². The predicted octanol–water partition coefficient (Wildman–Crippen LogP) is 1.98. The molecule has 2 aliphatic rings. The first-order chi connectivity index (χ1) is 14.1. The average molecular weight is 425 g/mol. The van der Waals surface area contributed by atoms with Crippen LogP contribution in [0.25, 0.3) is 11.4 Å². The van der Waals surface area contributed by atoms with Crippen molar-refractivity contribution in [1.29, 1.82) is 0 Å². The van der Waals surface area contributed by atoms with Gasteiger partial charge in [0.25, 0.3) is 5.56 Å². The van der Waals surface area contributed by atoms with E-state index in [9.17, 15) is 23.1 Å². The van der Waals surface area contributed by atoms with E-state index in [-0.39, 0.29) is 28.8 Å². The summed E-state index contributed by atoms with van der Waals surface area (Å²) in [4.78, 5) is 17.3. The van der Waals surface area contributed by atoms with Gasteiger partial charge in [-0.05, 0) is 44.5 Å². The SMILES string of the molecule is CN1CCC2CCN(c3nnc(-c4ccc(OC(F)(F)F)cc4O)n(C)c3=O)C2C1. The molecule has 8 nitrogen and oxygen atoms in total. The van der Waals surface area contributed by atoms with Crippen LogP contribution in [0.1, 0.15) is 12.8 Å². The number of phenolic OH excluding ortho intramolecular Hbond substituents is 1. The molecule has 1 aromatic carbocycles. The number of likely N-dealkylation sites (tertiary alicyclic amines) is 1. The first-order valence-electron chi connectivity index (χ1n) is 9.62. The number of ether oxygens (including phenoxy) is 1. The zero-order valence-corrected chi connectivity index (χ0v) is 16.6. The number of alkyl halides is 3. The van der Waals surface area contributed by atoms with Crippen molar-refractivity contribution in [2.45, 2.75) is 25.2 Å². The summed E-state index contributed by atoms with van der Waals surface area (Å²) in [5.74, 6) is -0.249. The maximum absolute atomic E-state index is 13.0. The molecule has 0 spiro atoms. The van der Waals surface area contributed by atoms with Crippen LogP contribution in [-0.4, -0.2) is 63.9 Å². The lowest BCUT2D eigenvalue weighted by molar-refractivity contribution is -0.274. The largest absolute Gasteiger partial charge is 0.573 e. The number of aromatic nitrogens is 3. The van der Waals surface area contributed by atoms with Gasteiger partial charge in [-0.3, -0.25) is 9.36 Å². The number of rotatable bonds is 3.